The van der Waals surface area contributed by atoms with E-state index in [0.29, 0.717) is 11.8 Å². The molecule has 2 aromatic carbocycles. The van der Waals surface area contributed by atoms with E-state index >= 15 is 0 Å². The Morgan fingerprint density at radius 2 is 1.90 bits per heavy atom. The summed E-state index contributed by atoms with van der Waals surface area (Å²) in [5, 5.41) is 1.24. The molecule has 0 aliphatic carbocycles. The molecular weight excluding hydrogens is 376 g/mol. The van der Waals surface area contributed by atoms with Crippen molar-refractivity contribution in [3.63, 3.8) is 0 Å². The second kappa shape index (κ2) is 9.08. The average Bonchev–Trinajstić information content (AvgIpc) is 3.11. The van der Waals surface area contributed by atoms with Crippen molar-refractivity contribution in [3.05, 3.63) is 65.9 Å². The summed E-state index contributed by atoms with van der Waals surface area (Å²) in [6, 6.07) is 17.5. The number of hydrogen-bond donors (Lipinski definition) is 0. The van der Waals surface area contributed by atoms with Crippen LogP contribution in [0.1, 0.15) is 43.7 Å². The van der Waals surface area contributed by atoms with Crippen LogP contribution in [0.5, 0.6) is 0 Å². The minimum atomic E-state index is 0.289. The van der Waals surface area contributed by atoms with Crippen molar-refractivity contribution in [2.45, 2.75) is 57.0 Å². The maximum absolute atomic E-state index is 12.9. The SMILES string of the molecule is CCC1CCCCN1C(=O)CSc1cn(Cc2ccccc2C)c2ccccc12. The topological polar surface area (TPSA) is 25.2 Å². The minimum Gasteiger partial charge on any atom is -0.342 e. The van der Waals surface area contributed by atoms with Crippen molar-refractivity contribution >= 4 is 28.6 Å². The number of fused-ring (bicyclic) bond motifs is 1. The third-order valence-electron chi connectivity index (χ3n) is 6.12. The third-order valence-corrected chi connectivity index (χ3v) is 7.15. The predicted molar refractivity (Wildman–Crippen MR) is 123 cm³/mol. The van der Waals surface area contributed by atoms with E-state index in [0.717, 1.165) is 32.4 Å². The predicted octanol–water partition coefficient (Wildman–Crippen LogP) is 5.88. The second-order valence-corrected chi connectivity index (χ2v) is 9.02. The Hall–Kier alpha value is -2.20. The molecule has 1 aromatic heterocycles. The highest BCUT2D eigenvalue weighted by Crippen LogP contribution is 2.31. The zero-order valence-electron chi connectivity index (χ0n) is 17.4. The molecule has 1 aliphatic heterocycles. The van der Waals surface area contributed by atoms with Gasteiger partial charge in [0.05, 0.1) is 5.75 Å². The Labute approximate surface area is 178 Å². The molecule has 152 valence electrons. The summed E-state index contributed by atoms with van der Waals surface area (Å²) in [5.74, 6) is 0.812. The molecule has 1 amide bonds. The number of piperidine rings is 1. The highest BCUT2D eigenvalue weighted by Gasteiger charge is 2.25. The fraction of sp³-hybridized carbons (Fsp3) is 0.400. The molecule has 3 aromatic rings. The number of aryl methyl sites for hydroxylation is 1. The highest BCUT2D eigenvalue weighted by atomic mass is 32.2. The van der Waals surface area contributed by atoms with Gasteiger partial charge in [-0.05, 0) is 49.8 Å². The summed E-state index contributed by atoms with van der Waals surface area (Å²) in [6.07, 6.45) is 6.84. The number of likely N-dealkylation sites (tertiary alicyclic amines) is 1. The van der Waals surface area contributed by atoms with Crippen molar-refractivity contribution in [1.29, 1.82) is 0 Å². The Kier molecular flexibility index (Phi) is 6.29. The maximum Gasteiger partial charge on any atom is 0.233 e. The zero-order chi connectivity index (χ0) is 20.2. The first-order chi connectivity index (χ1) is 14.2. The first kappa shape index (κ1) is 20.1. The van der Waals surface area contributed by atoms with E-state index in [9.17, 15) is 4.79 Å². The zero-order valence-corrected chi connectivity index (χ0v) is 18.3. The number of para-hydroxylation sites is 1. The van der Waals surface area contributed by atoms with Crippen LogP contribution in [-0.4, -0.2) is 33.7 Å². The van der Waals surface area contributed by atoms with E-state index in [4.69, 9.17) is 0 Å². The van der Waals surface area contributed by atoms with E-state index in [2.05, 4.69) is 78.0 Å². The van der Waals surface area contributed by atoms with Crippen molar-refractivity contribution in [2.75, 3.05) is 12.3 Å². The molecule has 1 fully saturated rings. The normalized spacial score (nSPS) is 17.0. The Morgan fingerprint density at radius 1 is 1.10 bits per heavy atom. The molecule has 1 aliphatic rings. The Morgan fingerprint density at radius 3 is 2.72 bits per heavy atom. The van der Waals surface area contributed by atoms with Gasteiger partial charge in [0.1, 0.15) is 0 Å². The van der Waals surface area contributed by atoms with E-state index in [1.807, 2.05) is 0 Å². The van der Waals surface area contributed by atoms with Crippen LogP contribution in [0.3, 0.4) is 0 Å². The van der Waals surface area contributed by atoms with Crippen LogP contribution < -0.4 is 0 Å². The quantitative estimate of drug-likeness (QED) is 0.478. The van der Waals surface area contributed by atoms with Gasteiger partial charge in [0.25, 0.3) is 0 Å². The third kappa shape index (κ3) is 4.37. The fourth-order valence-corrected chi connectivity index (χ4v) is 5.38. The van der Waals surface area contributed by atoms with E-state index in [1.54, 1.807) is 11.8 Å². The molecule has 0 N–H and O–H groups in total. The van der Waals surface area contributed by atoms with Gasteiger partial charge in [-0.3, -0.25) is 4.79 Å². The number of carbonyl (C=O) groups excluding carboxylic acids is 1. The lowest BCUT2D eigenvalue weighted by Crippen LogP contribution is -2.44. The molecule has 29 heavy (non-hydrogen) atoms. The highest BCUT2D eigenvalue weighted by molar-refractivity contribution is 8.00. The van der Waals surface area contributed by atoms with E-state index in [1.165, 1.54) is 33.3 Å². The van der Waals surface area contributed by atoms with Crippen LogP contribution in [0.4, 0.5) is 0 Å². The molecule has 1 saturated heterocycles. The second-order valence-electron chi connectivity index (χ2n) is 8.00. The molecule has 0 bridgehead atoms. The van der Waals surface area contributed by atoms with Crippen LogP contribution in [0.2, 0.25) is 0 Å². The maximum atomic E-state index is 12.9. The summed E-state index contributed by atoms with van der Waals surface area (Å²) in [5.41, 5.74) is 3.88. The summed E-state index contributed by atoms with van der Waals surface area (Å²) in [6.45, 7) is 6.14. The monoisotopic (exact) mass is 406 g/mol. The lowest BCUT2D eigenvalue weighted by atomic mass is 10.0. The number of carbonyl (C=O) groups is 1. The van der Waals surface area contributed by atoms with Gasteiger partial charge in [0.15, 0.2) is 0 Å². The molecule has 1 unspecified atom stereocenters. The fourth-order valence-electron chi connectivity index (χ4n) is 4.41. The summed E-state index contributed by atoms with van der Waals surface area (Å²) >= 11 is 1.69. The van der Waals surface area contributed by atoms with E-state index < -0.39 is 0 Å². The van der Waals surface area contributed by atoms with Crippen LogP contribution in [0, 0.1) is 6.92 Å². The standard InChI is InChI=1S/C25H30N2OS/c1-3-21-12-8-9-15-27(21)25(28)18-29-24-17-26(23-14-7-6-13-22(23)24)16-20-11-5-4-10-19(20)2/h4-7,10-11,13-14,17,21H,3,8-9,12,15-16,18H2,1-2H3. The lowest BCUT2D eigenvalue weighted by molar-refractivity contribution is -0.132. The molecule has 0 saturated carbocycles. The first-order valence-electron chi connectivity index (χ1n) is 10.7. The molecule has 4 rings (SSSR count). The molecule has 3 nitrogen and oxygen atoms in total. The number of hydrogen-bond acceptors (Lipinski definition) is 2. The largest absolute Gasteiger partial charge is 0.342 e. The molecule has 4 heteroatoms. The summed E-state index contributed by atoms with van der Waals surface area (Å²) in [4.78, 5) is 16.2. The van der Waals surface area contributed by atoms with Crippen LogP contribution in [0.15, 0.2) is 59.6 Å². The number of thioether (sulfide) groups is 1. The molecular formula is C25H30N2OS. The smallest absolute Gasteiger partial charge is 0.233 e. The van der Waals surface area contributed by atoms with Crippen LogP contribution >= 0.6 is 11.8 Å². The van der Waals surface area contributed by atoms with E-state index in [-0.39, 0.29) is 5.91 Å². The van der Waals surface area contributed by atoms with Crippen molar-refractivity contribution in [1.82, 2.24) is 9.47 Å². The number of benzene rings is 2. The van der Waals surface area contributed by atoms with Crippen molar-refractivity contribution in [2.24, 2.45) is 0 Å². The summed E-state index contributed by atoms with van der Waals surface area (Å²) in [7, 11) is 0. The van der Waals surface area contributed by atoms with Gasteiger partial charge in [0, 0.05) is 41.1 Å². The summed E-state index contributed by atoms with van der Waals surface area (Å²) < 4.78 is 2.32. The van der Waals surface area contributed by atoms with Crippen LogP contribution in [-0.2, 0) is 11.3 Å². The number of amides is 1. The number of nitrogens with zero attached hydrogens (tertiary/aromatic N) is 2. The van der Waals surface area contributed by atoms with Gasteiger partial charge < -0.3 is 9.47 Å². The number of aromatic nitrogens is 1. The van der Waals surface area contributed by atoms with Crippen molar-refractivity contribution in [3.8, 4) is 0 Å². The average molecular weight is 407 g/mol. The number of rotatable bonds is 6. The van der Waals surface area contributed by atoms with Gasteiger partial charge in [-0.1, -0.05) is 49.4 Å². The lowest BCUT2D eigenvalue weighted by Gasteiger charge is -2.35. The Balaban J connectivity index is 1.53. The van der Waals surface area contributed by atoms with Crippen molar-refractivity contribution < 1.29 is 4.79 Å². The minimum absolute atomic E-state index is 0.289. The molecule has 2 heterocycles. The Bertz CT molecular complexity index is 993. The van der Waals surface area contributed by atoms with Crippen LogP contribution in [0.25, 0.3) is 10.9 Å². The first-order valence-corrected chi connectivity index (χ1v) is 11.7. The van der Waals surface area contributed by atoms with Gasteiger partial charge >= 0.3 is 0 Å². The molecule has 1 atom stereocenters. The van der Waals surface area contributed by atoms with Gasteiger partial charge in [-0.2, -0.15) is 0 Å². The molecule has 0 radical (unpaired) electrons. The van der Waals surface area contributed by atoms with Gasteiger partial charge in [-0.15, -0.1) is 11.8 Å². The van der Waals surface area contributed by atoms with Gasteiger partial charge in [0.2, 0.25) is 5.91 Å². The van der Waals surface area contributed by atoms with Gasteiger partial charge in [-0.25, -0.2) is 0 Å². The molecule has 0 spiro atoms.